The predicted octanol–water partition coefficient (Wildman–Crippen LogP) is 7.14. The molecule has 2 unspecified atom stereocenters. The van der Waals surface area contributed by atoms with Crippen LogP contribution in [0.5, 0.6) is 0 Å². The van der Waals surface area contributed by atoms with Crippen molar-refractivity contribution in [3.05, 3.63) is 0 Å². The average molecular weight is 534 g/mol. The van der Waals surface area contributed by atoms with Crippen LogP contribution in [-0.2, 0) is 28.8 Å². The van der Waals surface area contributed by atoms with Crippen LogP contribution in [0.4, 0.5) is 0 Å². The predicted molar refractivity (Wildman–Crippen MR) is 152 cm³/mol. The summed E-state index contributed by atoms with van der Waals surface area (Å²) in [6.45, 7) is 12.9. The molecule has 2 atom stereocenters. The lowest BCUT2D eigenvalue weighted by Gasteiger charge is -2.36. The van der Waals surface area contributed by atoms with Gasteiger partial charge in [-0.3, -0.25) is 28.8 Å². The van der Waals surface area contributed by atoms with Gasteiger partial charge < -0.3 is 0 Å². The minimum atomic E-state index is -2.12. The average Bonchev–Trinajstić information content (AvgIpc) is 2.82. The molecule has 0 N–H and O–H groups in total. The van der Waals surface area contributed by atoms with E-state index in [4.69, 9.17) is 0 Å². The molecule has 0 aliphatic rings. The number of hydrogen-bond acceptors (Lipinski definition) is 6. The summed E-state index contributed by atoms with van der Waals surface area (Å²) in [7, 11) is 0. The summed E-state index contributed by atoms with van der Waals surface area (Å²) in [5, 5.41) is 0. The zero-order valence-corrected chi connectivity index (χ0v) is 25.2. The van der Waals surface area contributed by atoms with Gasteiger partial charge in [-0.15, -0.1) is 0 Å². The molecule has 0 aliphatic carbocycles. The van der Waals surface area contributed by atoms with E-state index in [0.29, 0.717) is 38.5 Å². The highest BCUT2D eigenvalue weighted by Crippen LogP contribution is 2.41. The van der Waals surface area contributed by atoms with Crippen molar-refractivity contribution in [3.8, 4) is 0 Å². The molecule has 0 amide bonds. The smallest absolute Gasteiger partial charge is 0.214 e. The molecule has 0 fully saturated rings. The van der Waals surface area contributed by atoms with Crippen molar-refractivity contribution in [1.29, 1.82) is 0 Å². The number of rotatable bonds is 23. The molecule has 0 aliphatic heterocycles. The fourth-order valence-electron chi connectivity index (χ4n) is 5.02. The number of carbonyl (C=O) groups is 5. The normalized spacial score (nSPS) is 14.1. The molecular formula is C32H53O6. The minimum Gasteiger partial charge on any atom is -0.300 e. The van der Waals surface area contributed by atoms with E-state index >= 15 is 0 Å². The summed E-state index contributed by atoms with van der Waals surface area (Å²) >= 11 is 0. The molecule has 0 saturated carbocycles. The maximum atomic E-state index is 13.8. The lowest BCUT2D eigenvalue weighted by atomic mass is 9.60. The molecule has 6 nitrogen and oxygen atoms in total. The Bertz CT molecular complexity index is 788. The Hall–Kier alpha value is -1.98. The van der Waals surface area contributed by atoms with Crippen LogP contribution in [-0.4, -0.2) is 35.2 Å². The molecule has 0 heterocycles. The van der Waals surface area contributed by atoms with Crippen LogP contribution >= 0.6 is 0 Å². The molecule has 0 aromatic heterocycles. The van der Waals surface area contributed by atoms with E-state index in [-0.39, 0.29) is 36.7 Å². The summed E-state index contributed by atoms with van der Waals surface area (Å²) in [5.41, 5.74) is -3.17. The monoisotopic (exact) mass is 533 g/mol. The lowest BCUT2D eigenvalue weighted by Crippen LogP contribution is -2.52. The zero-order chi connectivity index (χ0) is 29.4. The molecule has 0 spiro atoms. The number of unbranched alkanes of at least 4 members (excludes halogenated alkanes) is 6. The lowest BCUT2D eigenvalue weighted by molar-refractivity contribution is -0.149. The van der Waals surface area contributed by atoms with Crippen LogP contribution in [0.2, 0.25) is 0 Å². The highest BCUT2D eigenvalue weighted by Gasteiger charge is 2.56. The van der Waals surface area contributed by atoms with E-state index in [2.05, 4.69) is 6.92 Å². The summed E-state index contributed by atoms with van der Waals surface area (Å²) in [4.78, 5) is 78.6. The molecule has 0 bridgehead atoms. The van der Waals surface area contributed by atoms with Gasteiger partial charge in [-0.25, -0.2) is 0 Å². The van der Waals surface area contributed by atoms with Crippen LogP contribution in [0.1, 0.15) is 145 Å². The van der Waals surface area contributed by atoms with E-state index < -0.39 is 40.5 Å². The fraction of sp³-hybridized carbons (Fsp3) is 0.812. The Balaban J connectivity index is 6.02. The van der Waals surface area contributed by atoms with Gasteiger partial charge in [0.25, 0.3) is 0 Å². The second-order valence-corrected chi connectivity index (χ2v) is 12.3. The third-order valence-electron chi connectivity index (χ3n) is 6.98. The van der Waals surface area contributed by atoms with E-state index in [0.717, 1.165) is 32.1 Å². The topological polar surface area (TPSA) is 102 Å². The minimum absolute atomic E-state index is 0.0806. The van der Waals surface area contributed by atoms with Gasteiger partial charge in [-0.05, 0) is 31.6 Å². The SMILES string of the molecule is CCCCCCC(=O)C(C(=O)CCCCC)C([C]=O)(CC(=O)CCCCC(=O)CC(C)C)C(=O)C(C)(C)C. The van der Waals surface area contributed by atoms with Gasteiger partial charge in [0.1, 0.15) is 28.5 Å². The van der Waals surface area contributed by atoms with Gasteiger partial charge in [0.15, 0.2) is 5.78 Å². The van der Waals surface area contributed by atoms with Gasteiger partial charge in [-0.2, -0.15) is 0 Å². The highest BCUT2D eigenvalue weighted by molar-refractivity contribution is 6.16. The molecule has 217 valence electrons. The van der Waals surface area contributed by atoms with Crippen molar-refractivity contribution in [1.82, 2.24) is 0 Å². The number of Topliss-reactive ketones (excluding diaryl/α,β-unsaturated/α-hetero) is 5. The van der Waals surface area contributed by atoms with Crippen molar-refractivity contribution in [2.75, 3.05) is 0 Å². The van der Waals surface area contributed by atoms with Crippen LogP contribution in [0.15, 0.2) is 0 Å². The largest absolute Gasteiger partial charge is 0.300 e. The number of ketones is 5. The van der Waals surface area contributed by atoms with E-state index in [1.165, 1.54) is 0 Å². The van der Waals surface area contributed by atoms with Gasteiger partial charge in [0.05, 0.1) is 5.92 Å². The Kier molecular flexibility index (Phi) is 17.4. The van der Waals surface area contributed by atoms with Crippen LogP contribution in [0.25, 0.3) is 0 Å². The molecular weight excluding hydrogens is 480 g/mol. The first-order valence-electron chi connectivity index (χ1n) is 14.8. The van der Waals surface area contributed by atoms with Crippen molar-refractivity contribution in [2.24, 2.45) is 22.7 Å². The van der Waals surface area contributed by atoms with E-state index in [1.54, 1.807) is 20.8 Å². The maximum absolute atomic E-state index is 13.8. The summed E-state index contributed by atoms with van der Waals surface area (Å²) in [6.07, 6.45) is 9.01. The third-order valence-corrected chi connectivity index (χ3v) is 6.98. The summed E-state index contributed by atoms with van der Waals surface area (Å²) in [6, 6.07) is 0. The first kappa shape index (κ1) is 36.0. The third kappa shape index (κ3) is 12.7. The van der Waals surface area contributed by atoms with E-state index in [1.807, 2.05) is 27.1 Å². The Morgan fingerprint density at radius 2 is 1.11 bits per heavy atom. The zero-order valence-electron chi connectivity index (χ0n) is 25.2. The molecule has 0 saturated heterocycles. The summed E-state index contributed by atoms with van der Waals surface area (Å²) in [5.74, 6) is -2.87. The Morgan fingerprint density at radius 1 is 0.658 bits per heavy atom. The van der Waals surface area contributed by atoms with Crippen molar-refractivity contribution in [3.63, 3.8) is 0 Å². The summed E-state index contributed by atoms with van der Waals surface area (Å²) < 4.78 is 0. The quantitative estimate of drug-likeness (QED) is 0.102. The Morgan fingerprint density at radius 3 is 1.55 bits per heavy atom. The Labute approximate surface area is 231 Å². The molecule has 1 radical (unpaired) electrons. The van der Waals surface area contributed by atoms with Gasteiger partial charge >= 0.3 is 0 Å². The molecule has 38 heavy (non-hydrogen) atoms. The van der Waals surface area contributed by atoms with Gasteiger partial charge in [-0.1, -0.05) is 80.6 Å². The maximum Gasteiger partial charge on any atom is 0.214 e. The highest BCUT2D eigenvalue weighted by atomic mass is 16.2. The van der Waals surface area contributed by atoms with Crippen molar-refractivity contribution >= 4 is 35.2 Å². The first-order valence-corrected chi connectivity index (χ1v) is 14.8. The van der Waals surface area contributed by atoms with Gasteiger partial charge in [0, 0.05) is 43.9 Å². The van der Waals surface area contributed by atoms with Crippen molar-refractivity contribution in [2.45, 2.75) is 145 Å². The fourth-order valence-corrected chi connectivity index (χ4v) is 5.02. The van der Waals surface area contributed by atoms with E-state index in [9.17, 15) is 28.8 Å². The molecule has 0 rings (SSSR count). The number of carbonyl (C=O) groups excluding carboxylic acids is 6. The van der Waals surface area contributed by atoms with Crippen LogP contribution in [0.3, 0.4) is 0 Å². The van der Waals surface area contributed by atoms with Crippen LogP contribution in [0, 0.1) is 22.7 Å². The second kappa shape index (κ2) is 18.3. The first-order chi connectivity index (χ1) is 17.8. The molecule has 0 aromatic rings. The van der Waals surface area contributed by atoms with Crippen LogP contribution < -0.4 is 0 Å². The number of hydrogen-bond donors (Lipinski definition) is 0. The standard InChI is InChI=1S/C32H53O6/c1-8-10-12-14-20-28(37)29(27(36)19-13-11-9-2)32(23-33,30(38)31(5,6)7)22-26(35)18-16-15-17-25(34)21-24(3)4/h24,29H,8-22H2,1-7H3. The van der Waals surface area contributed by atoms with Gasteiger partial charge in [0.2, 0.25) is 6.29 Å². The molecule has 6 heteroatoms. The second-order valence-electron chi connectivity index (χ2n) is 12.3. The van der Waals surface area contributed by atoms with Crippen molar-refractivity contribution < 1.29 is 28.8 Å². The molecule has 0 aromatic carbocycles.